The standard InChI is InChI=1S/C14H16BrFN2O3/c15-9-3-4-11(10(16)8-9)17-13(19)5-7-18-6-1-2-12(18)14(20)21/h3-4,8,12H,1-2,5-7H2,(H,17,19)(H,20,21)/t12-/m1/s1. The summed E-state index contributed by atoms with van der Waals surface area (Å²) in [6, 6.07) is 3.88. The van der Waals surface area contributed by atoms with Crippen LogP contribution in [-0.4, -0.2) is 41.0 Å². The summed E-state index contributed by atoms with van der Waals surface area (Å²) in [4.78, 5) is 24.6. The van der Waals surface area contributed by atoms with Crippen LogP contribution in [0.4, 0.5) is 10.1 Å². The lowest BCUT2D eigenvalue weighted by molar-refractivity contribution is -0.142. The second-order valence-corrected chi connectivity index (χ2v) is 5.87. The highest BCUT2D eigenvalue weighted by molar-refractivity contribution is 9.10. The number of hydrogen-bond donors (Lipinski definition) is 2. The van der Waals surface area contributed by atoms with Gasteiger partial charge in [-0.05, 0) is 37.6 Å². The molecule has 1 aromatic rings. The minimum atomic E-state index is -0.855. The number of amides is 1. The Balaban J connectivity index is 1.86. The van der Waals surface area contributed by atoms with E-state index in [2.05, 4.69) is 21.2 Å². The van der Waals surface area contributed by atoms with Crippen LogP contribution in [0.25, 0.3) is 0 Å². The molecule has 1 aromatic carbocycles. The number of carbonyl (C=O) groups is 2. The average Bonchev–Trinajstić information content (AvgIpc) is 2.88. The molecule has 0 bridgehead atoms. The first-order valence-electron chi connectivity index (χ1n) is 6.69. The smallest absolute Gasteiger partial charge is 0.320 e. The van der Waals surface area contributed by atoms with E-state index >= 15 is 0 Å². The Morgan fingerprint density at radius 1 is 1.48 bits per heavy atom. The number of likely N-dealkylation sites (tertiary alicyclic amines) is 1. The van der Waals surface area contributed by atoms with Gasteiger partial charge in [-0.3, -0.25) is 14.5 Å². The van der Waals surface area contributed by atoms with Gasteiger partial charge in [-0.25, -0.2) is 4.39 Å². The minimum Gasteiger partial charge on any atom is -0.480 e. The number of aliphatic carboxylic acids is 1. The lowest BCUT2D eigenvalue weighted by atomic mass is 10.2. The number of carbonyl (C=O) groups excluding carboxylic acids is 1. The molecule has 0 unspecified atom stereocenters. The molecule has 2 rings (SSSR count). The molecular weight excluding hydrogens is 343 g/mol. The van der Waals surface area contributed by atoms with Crippen molar-refractivity contribution in [2.45, 2.75) is 25.3 Å². The molecule has 0 spiro atoms. The Bertz CT molecular complexity index is 553. The molecule has 5 nitrogen and oxygen atoms in total. The van der Waals surface area contributed by atoms with Gasteiger partial charge in [0.25, 0.3) is 0 Å². The van der Waals surface area contributed by atoms with Crippen molar-refractivity contribution in [2.24, 2.45) is 0 Å². The first-order chi connectivity index (χ1) is 9.97. The fourth-order valence-electron chi connectivity index (χ4n) is 2.42. The van der Waals surface area contributed by atoms with Gasteiger partial charge in [0, 0.05) is 17.4 Å². The molecule has 114 valence electrons. The number of anilines is 1. The molecule has 0 aliphatic carbocycles. The van der Waals surface area contributed by atoms with E-state index < -0.39 is 17.8 Å². The van der Waals surface area contributed by atoms with Crippen LogP contribution >= 0.6 is 15.9 Å². The molecule has 1 saturated heterocycles. The second kappa shape index (κ2) is 7.00. The third-order valence-corrected chi connectivity index (χ3v) is 3.97. The molecule has 1 aliphatic heterocycles. The molecule has 1 aliphatic rings. The van der Waals surface area contributed by atoms with Crippen molar-refractivity contribution in [3.63, 3.8) is 0 Å². The van der Waals surface area contributed by atoms with Crippen LogP contribution < -0.4 is 5.32 Å². The number of carboxylic acid groups (broad SMARTS) is 1. The Labute approximate surface area is 130 Å². The van der Waals surface area contributed by atoms with Gasteiger partial charge >= 0.3 is 5.97 Å². The number of nitrogens with zero attached hydrogens (tertiary/aromatic N) is 1. The summed E-state index contributed by atoms with van der Waals surface area (Å²) in [6.45, 7) is 1.04. The van der Waals surface area contributed by atoms with Crippen molar-refractivity contribution in [1.82, 2.24) is 4.90 Å². The van der Waals surface area contributed by atoms with E-state index in [1.54, 1.807) is 11.0 Å². The fraction of sp³-hybridized carbons (Fsp3) is 0.429. The Morgan fingerprint density at radius 2 is 2.24 bits per heavy atom. The Hall–Kier alpha value is -1.47. The zero-order valence-electron chi connectivity index (χ0n) is 11.3. The maximum Gasteiger partial charge on any atom is 0.320 e. The van der Waals surface area contributed by atoms with E-state index in [-0.39, 0.29) is 18.0 Å². The number of carboxylic acids is 1. The number of rotatable bonds is 5. The quantitative estimate of drug-likeness (QED) is 0.848. The van der Waals surface area contributed by atoms with Crippen molar-refractivity contribution in [2.75, 3.05) is 18.4 Å². The van der Waals surface area contributed by atoms with Crippen molar-refractivity contribution >= 4 is 33.5 Å². The van der Waals surface area contributed by atoms with E-state index in [1.165, 1.54) is 12.1 Å². The lowest BCUT2D eigenvalue weighted by Gasteiger charge is -2.20. The number of benzene rings is 1. The van der Waals surface area contributed by atoms with Gasteiger partial charge in [0.15, 0.2) is 0 Å². The first kappa shape index (κ1) is 15.9. The minimum absolute atomic E-state index is 0.124. The van der Waals surface area contributed by atoms with Crippen LogP contribution in [0, 0.1) is 5.82 Å². The molecule has 1 atom stereocenters. The summed E-state index contributed by atoms with van der Waals surface area (Å²) in [5.41, 5.74) is 0.124. The molecule has 2 N–H and O–H groups in total. The molecule has 0 aromatic heterocycles. The van der Waals surface area contributed by atoms with Crippen LogP contribution in [-0.2, 0) is 9.59 Å². The molecule has 1 heterocycles. The van der Waals surface area contributed by atoms with Crippen molar-refractivity contribution in [1.29, 1.82) is 0 Å². The van der Waals surface area contributed by atoms with Crippen molar-refractivity contribution in [3.05, 3.63) is 28.5 Å². The number of hydrogen-bond acceptors (Lipinski definition) is 3. The van der Waals surface area contributed by atoms with Gasteiger partial charge in [-0.1, -0.05) is 15.9 Å². The maximum absolute atomic E-state index is 13.6. The van der Waals surface area contributed by atoms with Crippen LogP contribution in [0.2, 0.25) is 0 Å². The van der Waals surface area contributed by atoms with E-state index in [0.29, 0.717) is 24.0 Å². The monoisotopic (exact) mass is 358 g/mol. The molecule has 21 heavy (non-hydrogen) atoms. The van der Waals surface area contributed by atoms with Gasteiger partial charge in [-0.15, -0.1) is 0 Å². The highest BCUT2D eigenvalue weighted by Crippen LogP contribution is 2.20. The van der Waals surface area contributed by atoms with Gasteiger partial charge in [0.2, 0.25) is 5.91 Å². The number of halogens is 2. The second-order valence-electron chi connectivity index (χ2n) is 4.95. The lowest BCUT2D eigenvalue weighted by Crippen LogP contribution is -2.37. The third-order valence-electron chi connectivity index (χ3n) is 3.48. The topological polar surface area (TPSA) is 69.6 Å². The van der Waals surface area contributed by atoms with Crippen LogP contribution in [0.3, 0.4) is 0 Å². The predicted octanol–water partition coefficient (Wildman–Crippen LogP) is 2.47. The van der Waals surface area contributed by atoms with Crippen LogP contribution in [0.15, 0.2) is 22.7 Å². The van der Waals surface area contributed by atoms with E-state index in [1.807, 2.05) is 0 Å². The first-order valence-corrected chi connectivity index (χ1v) is 7.48. The van der Waals surface area contributed by atoms with E-state index in [9.17, 15) is 14.0 Å². The summed E-state index contributed by atoms with van der Waals surface area (Å²) in [7, 11) is 0. The van der Waals surface area contributed by atoms with E-state index in [0.717, 1.165) is 6.42 Å². The van der Waals surface area contributed by atoms with Crippen molar-refractivity contribution in [3.8, 4) is 0 Å². The summed E-state index contributed by atoms with van der Waals surface area (Å²) < 4.78 is 14.2. The third kappa shape index (κ3) is 4.25. The largest absolute Gasteiger partial charge is 0.480 e. The molecule has 1 fully saturated rings. The van der Waals surface area contributed by atoms with E-state index in [4.69, 9.17) is 5.11 Å². The Kier molecular flexibility index (Phi) is 5.30. The molecule has 0 radical (unpaired) electrons. The maximum atomic E-state index is 13.6. The summed E-state index contributed by atoms with van der Waals surface area (Å²) in [6.07, 6.45) is 1.57. The summed E-state index contributed by atoms with van der Waals surface area (Å²) in [5.74, 6) is -1.69. The number of nitrogens with one attached hydrogen (secondary N) is 1. The highest BCUT2D eigenvalue weighted by atomic mass is 79.9. The van der Waals surface area contributed by atoms with Crippen LogP contribution in [0.1, 0.15) is 19.3 Å². The fourth-order valence-corrected chi connectivity index (χ4v) is 2.76. The van der Waals surface area contributed by atoms with Gasteiger partial charge in [0.05, 0.1) is 5.69 Å². The van der Waals surface area contributed by atoms with Crippen molar-refractivity contribution < 1.29 is 19.1 Å². The zero-order valence-corrected chi connectivity index (χ0v) is 12.9. The SMILES string of the molecule is O=C(CCN1CCC[C@@H]1C(=O)O)Nc1ccc(Br)cc1F. The average molecular weight is 359 g/mol. The molecular formula is C14H16BrFN2O3. The Morgan fingerprint density at radius 3 is 2.90 bits per heavy atom. The highest BCUT2D eigenvalue weighted by Gasteiger charge is 2.30. The summed E-state index contributed by atoms with van der Waals surface area (Å²) >= 11 is 3.14. The zero-order chi connectivity index (χ0) is 15.4. The normalized spacial score (nSPS) is 18.7. The molecule has 1 amide bonds. The van der Waals surface area contributed by atoms with Crippen LogP contribution in [0.5, 0.6) is 0 Å². The molecule has 0 saturated carbocycles. The molecule has 7 heteroatoms. The predicted molar refractivity (Wildman–Crippen MR) is 79.6 cm³/mol. The van der Waals surface area contributed by atoms with Gasteiger partial charge in [0.1, 0.15) is 11.9 Å². The van der Waals surface area contributed by atoms with Gasteiger partial charge in [-0.2, -0.15) is 0 Å². The van der Waals surface area contributed by atoms with Gasteiger partial charge < -0.3 is 10.4 Å². The summed E-state index contributed by atoms with van der Waals surface area (Å²) in [5, 5.41) is 11.5.